The van der Waals surface area contributed by atoms with Crippen LogP contribution in [0.25, 0.3) is 11.1 Å². The first-order valence-corrected chi connectivity index (χ1v) is 10.2. The second-order valence-corrected chi connectivity index (χ2v) is 9.22. The molecule has 2 aliphatic heterocycles. The van der Waals surface area contributed by atoms with E-state index in [4.69, 9.17) is 0 Å². The van der Waals surface area contributed by atoms with E-state index >= 15 is 0 Å². The molecular formula is C25H25N3O. The van der Waals surface area contributed by atoms with Crippen molar-refractivity contribution in [2.24, 2.45) is 15.6 Å². The molecule has 0 spiro atoms. The summed E-state index contributed by atoms with van der Waals surface area (Å²) in [6.07, 6.45) is 1.41. The summed E-state index contributed by atoms with van der Waals surface area (Å²) in [5.41, 5.74) is 5.89. The normalized spacial score (nSPS) is 25.0. The van der Waals surface area contributed by atoms with Crippen molar-refractivity contribution in [3.63, 3.8) is 0 Å². The Morgan fingerprint density at radius 1 is 0.931 bits per heavy atom. The van der Waals surface area contributed by atoms with Crippen LogP contribution in [0.1, 0.15) is 39.2 Å². The molecule has 0 amide bonds. The fourth-order valence-corrected chi connectivity index (χ4v) is 5.07. The molecule has 0 aromatic heterocycles. The summed E-state index contributed by atoms with van der Waals surface area (Å²) in [5.74, 6) is 1.05. The van der Waals surface area contributed by atoms with Crippen LogP contribution in [-0.2, 0) is 10.2 Å². The molecule has 2 aromatic carbocycles. The molecule has 0 saturated carbocycles. The Morgan fingerprint density at radius 3 is 2.48 bits per heavy atom. The van der Waals surface area contributed by atoms with Crippen LogP contribution in [0, 0.1) is 5.41 Å². The topological polar surface area (TPSA) is 53.8 Å². The van der Waals surface area contributed by atoms with Crippen molar-refractivity contribution < 1.29 is 4.79 Å². The molecule has 4 heteroatoms. The van der Waals surface area contributed by atoms with Gasteiger partial charge in [-0.15, -0.1) is 5.11 Å². The number of rotatable bonds is 2. The van der Waals surface area contributed by atoms with E-state index in [-0.39, 0.29) is 11.2 Å². The van der Waals surface area contributed by atoms with Gasteiger partial charge >= 0.3 is 0 Å². The maximum absolute atomic E-state index is 13.4. The molecule has 1 atom stereocenters. The molecule has 1 unspecified atom stereocenters. The van der Waals surface area contributed by atoms with Gasteiger partial charge in [0.05, 0.1) is 6.54 Å². The number of azo groups is 1. The number of dihydropyridines is 1. The Kier molecular flexibility index (Phi) is 3.89. The maximum Gasteiger partial charge on any atom is 0.162 e. The molecular weight excluding hydrogens is 358 g/mol. The Balaban J connectivity index is 1.70. The number of carbonyl (C=O) groups is 1. The van der Waals surface area contributed by atoms with E-state index in [9.17, 15) is 4.79 Å². The number of nitrogens with zero attached hydrogens (tertiary/aromatic N) is 2. The molecule has 5 rings (SSSR count). The van der Waals surface area contributed by atoms with Gasteiger partial charge in [0.15, 0.2) is 11.6 Å². The van der Waals surface area contributed by atoms with Gasteiger partial charge in [0.25, 0.3) is 0 Å². The molecule has 146 valence electrons. The monoisotopic (exact) mass is 383 g/mol. The van der Waals surface area contributed by atoms with E-state index in [0.29, 0.717) is 13.0 Å². The smallest absolute Gasteiger partial charge is 0.162 e. The SMILES string of the molecule is CC1(C)CC(=O)C2=C(C1)NC1=C(CN=N1)C2(C)c1cccc(-c2ccccc2)c1. The zero-order chi connectivity index (χ0) is 20.2. The summed E-state index contributed by atoms with van der Waals surface area (Å²) in [5, 5.41) is 12.1. The highest BCUT2D eigenvalue weighted by atomic mass is 16.1. The summed E-state index contributed by atoms with van der Waals surface area (Å²) in [6, 6.07) is 18.9. The number of ketones is 1. The zero-order valence-electron chi connectivity index (χ0n) is 17.1. The van der Waals surface area contributed by atoms with E-state index in [2.05, 4.69) is 84.8 Å². The number of Topliss-reactive ketones (excluding diaryl/α,β-unsaturated/α-hetero) is 1. The summed E-state index contributed by atoms with van der Waals surface area (Å²) in [6.45, 7) is 7.02. The average molecular weight is 383 g/mol. The van der Waals surface area contributed by atoms with E-state index in [1.54, 1.807) is 0 Å². The molecule has 2 aromatic rings. The number of hydrogen-bond acceptors (Lipinski definition) is 4. The maximum atomic E-state index is 13.4. The minimum absolute atomic E-state index is 0.0521. The van der Waals surface area contributed by atoms with E-state index in [0.717, 1.165) is 40.2 Å². The summed E-state index contributed by atoms with van der Waals surface area (Å²) in [7, 11) is 0. The van der Waals surface area contributed by atoms with Gasteiger partial charge in [-0.3, -0.25) is 4.79 Å². The van der Waals surface area contributed by atoms with Crippen LogP contribution in [0.5, 0.6) is 0 Å². The fraction of sp³-hybridized carbons (Fsp3) is 0.320. The third kappa shape index (κ3) is 2.78. The molecule has 4 nitrogen and oxygen atoms in total. The molecule has 1 N–H and O–H groups in total. The first kappa shape index (κ1) is 18.0. The van der Waals surface area contributed by atoms with Gasteiger partial charge in [-0.05, 0) is 41.5 Å². The van der Waals surface area contributed by atoms with Crippen molar-refractivity contribution in [2.75, 3.05) is 6.54 Å². The van der Waals surface area contributed by atoms with Crippen LogP contribution in [-0.4, -0.2) is 12.3 Å². The zero-order valence-corrected chi connectivity index (χ0v) is 17.1. The predicted octanol–water partition coefficient (Wildman–Crippen LogP) is 5.54. The van der Waals surface area contributed by atoms with Crippen LogP contribution < -0.4 is 5.32 Å². The van der Waals surface area contributed by atoms with Crippen molar-refractivity contribution in [1.29, 1.82) is 0 Å². The number of nitrogens with one attached hydrogen (secondary N) is 1. The van der Waals surface area contributed by atoms with Gasteiger partial charge in [0.2, 0.25) is 0 Å². The standard InChI is InChI=1S/C25H25N3O/c1-24(2)13-20-22(21(29)14-24)25(3,19-15-26-28-23(19)27-20)18-11-7-10-17(12-18)16-8-5-4-6-9-16/h4-12,27H,13-15H2,1-3H3. The van der Waals surface area contributed by atoms with Crippen LogP contribution in [0.3, 0.4) is 0 Å². The van der Waals surface area contributed by atoms with Gasteiger partial charge in [0.1, 0.15) is 0 Å². The predicted molar refractivity (Wildman–Crippen MR) is 114 cm³/mol. The second-order valence-electron chi connectivity index (χ2n) is 9.22. The number of benzene rings is 2. The largest absolute Gasteiger partial charge is 0.342 e. The Labute approximate surface area is 171 Å². The molecule has 0 saturated heterocycles. The fourth-order valence-electron chi connectivity index (χ4n) is 5.07. The van der Waals surface area contributed by atoms with Crippen LogP contribution >= 0.6 is 0 Å². The molecule has 3 aliphatic rings. The number of carbonyl (C=O) groups excluding carboxylic acids is 1. The summed E-state index contributed by atoms with van der Waals surface area (Å²) >= 11 is 0. The lowest BCUT2D eigenvalue weighted by atomic mass is 9.61. The highest BCUT2D eigenvalue weighted by molar-refractivity contribution is 6.01. The molecule has 0 bridgehead atoms. The van der Waals surface area contributed by atoms with Gasteiger partial charge < -0.3 is 5.32 Å². The van der Waals surface area contributed by atoms with Crippen molar-refractivity contribution >= 4 is 5.78 Å². The van der Waals surface area contributed by atoms with Crippen molar-refractivity contribution in [3.05, 3.63) is 82.8 Å². The molecule has 0 fully saturated rings. The molecule has 29 heavy (non-hydrogen) atoms. The Morgan fingerprint density at radius 2 is 1.69 bits per heavy atom. The average Bonchev–Trinajstić information content (AvgIpc) is 3.16. The van der Waals surface area contributed by atoms with Crippen molar-refractivity contribution in [1.82, 2.24) is 5.32 Å². The Bertz CT molecular complexity index is 1110. The lowest BCUT2D eigenvalue weighted by molar-refractivity contribution is -0.118. The van der Waals surface area contributed by atoms with Gasteiger partial charge in [-0.1, -0.05) is 62.4 Å². The van der Waals surface area contributed by atoms with E-state index in [1.807, 2.05) is 6.07 Å². The van der Waals surface area contributed by atoms with Gasteiger partial charge in [0, 0.05) is 28.7 Å². The third-order valence-corrected chi connectivity index (χ3v) is 6.48. The molecule has 2 heterocycles. The minimum atomic E-state index is -0.516. The summed E-state index contributed by atoms with van der Waals surface area (Å²) in [4.78, 5) is 13.4. The minimum Gasteiger partial charge on any atom is -0.342 e. The molecule has 0 radical (unpaired) electrons. The van der Waals surface area contributed by atoms with Gasteiger partial charge in [-0.2, -0.15) is 5.11 Å². The highest BCUT2D eigenvalue weighted by Gasteiger charge is 2.49. The van der Waals surface area contributed by atoms with Crippen molar-refractivity contribution in [2.45, 2.75) is 39.0 Å². The van der Waals surface area contributed by atoms with E-state index < -0.39 is 5.41 Å². The lowest BCUT2D eigenvalue weighted by Crippen LogP contribution is -2.44. The second kappa shape index (κ2) is 6.24. The van der Waals surface area contributed by atoms with Crippen LogP contribution in [0.15, 0.2) is 87.5 Å². The first-order valence-electron chi connectivity index (χ1n) is 10.2. The van der Waals surface area contributed by atoms with Gasteiger partial charge in [-0.25, -0.2) is 0 Å². The lowest BCUT2D eigenvalue weighted by Gasteiger charge is -2.44. The summed E-state index contributed by atoms with van der Waals surface area (Å²) < 4.78 is 0. The first-order chi connectivity index (χ1) is 13.9. The number of hydrogen-bond donors (Lipinski definition) is 1. The van der Waals surface area contributed by atoms with Crippen LogP contribution in [0.2, 0.25) is 0 Å². The number of allylic oxidation sites excluding steroid dienone is 2. The third-order valence-electron chi connectivity index (χ3n) is 6.48. The van der Waals surface area contributed by atoms with E-state index in [1.165, 1.54) is 5.56 Å². The quantitative estimate of drug-likeness (QED) is 0.741. The van der Waals surface area contributed by atoms with Crippen LogP contribution in [0.4, 0.5) is 0 Å². The van der Waals surface area contributed by atoms with Crippen molar-refractivity contribution in [3.8, 4) is 11.1 Å². The molecule has 1 aliphatic carbocycles. The Hall–Kier alpha value is -3.01. The highest BCUT2D eigenvalue weighted by Crippen LogP contribution is 2.51.